The molecule has 1 atom stereocenters. The Morgan fingerprint density at radius 3 is 2.41 bits per heavy atom. The van der Waals surface area contributed by atoms with Crippen LogP contribution in [0.15, 0.2) is 17.3 Å². The van der Waals surface area contributed by atoms with Crippen molar-refractivity contribution in [3.63, 3.8) is 0 Å². The van der Waals surface area contributed by atoms with Crippen LogP contribution >= 0.6 is 0 Å². The summed E-state index contributed by atoms with van der Waals surface area (Å²) in [5, 5.41) is 0. The van der Waals surface area contributed by atoms with E-state index >= 15 is 0 Å². The molecule has 1 unspecified atom stereocenters. The summed E-state index contributed by atoms with van der Waals surface area (Å²) in [6.07, 6.45) is 2.37. The van der Waals surface area contributed by atoms with Crippen LogP contribution in [0.4, 0.5) is 5.95 Å². The number of nitrogens with zero attached hydrogens (tertiary/aromatic N) is 3. The first-order chi connectivity index (χ1) is 7.83. The molecule has 96 valence electrons. The van der Waals surface area contributed by atoms with Gasteiger partial charge in [0.15, 0.2) is 0 Å². The van der Waals surface area contributed by atoms with E-state index in [-0.39, 0.29) is 16.9 Å². The van der Waals surface area contributed by atoms with E-state index in [2.05, 4.69) is 14.7 Å². The van der Waals surface area contributed by atoms with E-state index in [1.54, 1.807) is 0 Å². The fourth-order valence-corrected chi connectivity index (χ4v) is 1.97. The lowest BCUT2D eigenvalue weighted by atomic mass is 10.3. The van der Waals surface area contributed by atoms with Crippen molar-refractivity contribution >= 4 is 16.0 Å². The molecule has 8 heteroatoms. The summed E-state index contributed by atoms with van der Waals surface area (Å²) in [6.45, 7) is 2.24. The Balaban J connectivity index is 2.72. The summed E-state index contributed by atoms with van der Waals surface area (Å²) in [7, 11) is 0.198. The number of sulfonamides is 1. The average Bonchev–Trinajstić information content (AvgIpc) is 2.26. The van der Waals surface area contributed by atoms with Gasteiger partial charge in [-0.15, -0.1) is 0 Å². The Morgan fingerprint density at radius 1 is 1.41 bits per heavy atom. The van der Waals surface area contributed by atoms with Crippen LogP contribution in [0.2, 0.25) is 0 Å². The fourth-order valence-electron chi connectivity index (χ4n) is 0.961. The first-order valence-electron chi connectivity index (χ1n) is 5.06. The minimum Gasteiger partial charge on any atom is -0.368 e. The minimum absolute atomic E-state index is 0.0117. The van der Waals surface area contributed by atoms with Crippen LogP contribution < -0.4 is 10.5 Å². The monoisotopic (exact) mass is 259 g/mol. The van der Waals surface area contributed by atoms with Gasteiger partial charge in [-0.2, -0.15) is 0 Å². The maximum atomic E-state index is 11.8. The highest BCUT2D eigenvalue weighted by atomic mass is 32.2. The third-order valence-corrected chi connectivity index (χ3v) is 3.79. The topological polar surface area (TPSA) is 101 Å². The van der Waals surface area contributed by atoms with E-state index in [1.807, 2.05) is 25.9 Å². The van der Waals surface area contributed by atoms with Gasteiger partial charge in [-0.05, 0) is 21.0 Å². The van der Waals surface area contributed by atoms with E-state index in [1.165, 1.54) is 12.4 Å². The van der Waals surface area contributed by atoms with Crippen LogP contribution in [0.25, 0.3) is 0 Å². The molecular weight excluding hydrogens is 242 g/mol. The van der Waals surface area contributed by atoms with Crippen LogP contribution in [0.3, 0.4) is 0 Å². The molecule has 7 nitrogen and oxygen atoms in total. The maximum Gasteiger partial charge on any atom is 0.243 e. The predicted molar refractivity (Wildman–Crippen MR) is 64.8 cm³/mol. The molecule has 0 aliphatic rings. The van der Waals surface area contributed by atoms with Crippen molar-refractivity contribution in [3.8, 4) is 0 Å². The van der Waals surface area contributed by atoms with Crippen molar-refractivity contribution in [3.05, 3.63) is 12.4 Å². The molecule has 1 aromatic rings. The summed E-state index contributed by atoms with van der Waals surface area (Å²) >= 11 is 0. The Labute approximate surface area is 101 Å². The zero-order valence-corrected chi connectivity index (χ0v) is 10.9. The molecule has 0 spiro atoms. The molecule has 0 aromatic carbocycles. The summed E-state index contributed by atoms with van der Waals surface area (Å²) in [5.41, 5.74) is 5.29. The molecule has 0 amide bonds. The largest absolute Gasteiger partial charge is 0.368 e. The van der Waals surface area contributed by atoms with E-state index in [0.717, 1.165) is 0 Å². The number of hydrogen-bond acceptors (Lipinski definition) is 6. The molecule has 0 aliphatic heterocycles. The summed E-state index contributed by atoms with van der Waals surface area (Å²) in [6, 6.07) is 0.0967. The second kappa shape index (κ2) is 5.39. The van der Waals surface area contributed by atoms with Gasteiger partial charge in [-0.1, -0.05) is 0 Å². The second-order valence-electron chi connectivity index (χ2n) is 3.94. The number of rotatable bonds is 5. The van der Waals surface area contributed by atoms with Crippen molar-refractivity contribution in [2.24, 2.45) is 0 Å². The molecule has 1 rings (SSSR count). The van der Waals surface area contributed by atoms with Crippen molar-refractivity contribution in [1.29, 1.82) is 0 Å². The molecule has 0 bridgehead atoms. The molecule has 0 saturated heterocycles. The van der Waals surface area contributed by atoms with Gasteiger partial charge in [0.25, 0.3) is 0 Å². The Morgan fingerprint density at radius 2 is 1.94 bits per heavy atom. The minimum atomic E-state index is -3.56. The fraction of sp³-hybridized carbons (Fsp3) is 0.556. The summed E-state index contributed by atoms with van der Waals surface area (Å²) in [5.74, 6) is 0.0469. The first kappa shape index (κ1) is 13.8. The highest BCUT2D eigenvalue weighted by molar-refractivity contribution is 7.89. The van der Waals surface area contributed by atoms with E-state index in [0.29, 0.717) is 6.54 Å². The Kier molecular flexibility index (Phi) is 4.38. The highest BCUT2D eigenvalue weighted by Gasteiger charge is 2.16. The van der Waals surface area contributed by atoms with Crippen molar-refractivity contribution < 1.29 is 8.42 Å². The van der Waals surface area contributed by atoms with Gasteiger partial charge >= 0.3 is 0 Å². The number of nitrogens with two attached hydrogens (primary N) is 1. The number of hydrogen-bond donors (Lipinski definition) is 2. The number of aromatic nitrogens is 2. The van der Waals surface area contributed by atoms with Gasteiger partial charge < -0.3 is 10.6 Å². The first-order valence-corrected chi connectivity index (χ1v) is 6.55. The van der Waals surface area contributed by atoms with Gasteiger partial charge in [0.05, 0.1) is 12.4 Å². The summed E-state index contributed by atoms with van der Waals surface area (Å²) < 4.78 is 26.1. The molecule has 0 fully saturated rings. The van der Waals surface area contributed by atoms with Gasteiger partial charge in [0.2, 0.25) is 16.0 Å². The molecular formula is C9H17N5O2S. The zero-order chi connectivity index (χ0) is 13.1. The van der Waals surface area contributed by atoms with Gasteiger partial charge in [-0.25, -0.2) is 23.1 Å². The van der Waals surface area contributed by atoms with Crippen molar-refractivity contribution in [2.75, 3.05) is 26.4 Å². The number of nitrogens with one attached hydrogen (secondary N) is 1. The second-order valence-corrected chi connectivity index (χ2v) is 5.71. The highest BCUT2D eigenvalue weighted by Crippen LogP contribution is 2.05. The molecule has 17 heavy (non-hydrogen) atoms. The van der Waals surface area contributed by atoms with Crippen LogP contribution in [0, 0.1) is 0 Å². The van der Waals surface area contributed by atoms with Gasteiger partial charge in [-0.3, -0.25) is 0 Å². The average molecular weight is 259 g/mol. The van der Waals surface area contributed by atoms with E-state index < -0.39 is 10.0 Å². The third kappa shape index (κ3) is 3.91. The molecule has 0 aliphatic carbocycles. The quantitative estimate of drug-likeness (QED) is 0.724. The van der Waals surface area contributed by atoms with Crippen LogP contribution in [-0.4, -0.2) is 50.0 Å². The van der Waals surface area contributed by atoms with Crippen molar-refractivity contribution in [1.82, 2.24) is 19.6 Å². The molecule has 0 radical (unpaired) electrons. The lowest BCUT2D eigenvalue weighted by Gasteiger charge is -2.19. The number of nitrogen functional groups attached to an aromatic ring is 1. The molecule has 0 saturated carbocycles. The number of anilines is 1. The smallest absolute Gasteiger partial charge is 0.243 e. The summed E-state index contributed by atoms with van der Waals surface area (Å²) in [4.78, 5) is 9.22. The van der Waals surface area contributed by atoms with Crippen LogP contribution in [0.5, 0.6) is 0 Å². The van der Waals surface area contributed by atoms with Gasteiger partial charge in [0, 0.05) is 12.6 Å². The van der Waals surface area contributed by atoms with Gasteiger partial charge in [0.1, 0.15) is 4.90 Å². The van der Waals surface area contributed by atoms with Crippen LogP contribution in [-0.2, 0) is 10.0 Å². The van der Waals surface area contributed by atoms with E-state index in [9.17, 15) is 8.42 Å². The van der Waals surface area contributed by atoms with Crippen molar-refractivity contribution in [2.45, 2.75) is 17.9 Å². The predicted octanol–water partition coefficient (Wildman–Crippen LogP) is -0.713. The Bertz CT molecular complexity index is 457. The third-order valence-electron chi connectivity index (χ3n) is 2.41. The SMILES string of the molecule is CC(CNS(=O)(=O)c1cnc(N)nc1)N(C)C. The van der Waals surface area contributed by atoms with Crippen LogP contribution in [0.1, 0.15) is 6.92 Å². The van der Waals surface area contributed by atoms with E-state index in [4.69, 9.17) is 5.73 Å². The standard InChI is InChI=1S/C9H17N5O2S/c1-7(14(2)3)4-13-17(15,16)8-5-11-9(10)12-6-8/h5-7,13H,4H2,1-3H3,(H2,10,11,12). The lowest BCUT2D eigenvalue weighted by Crippen LogP contribution is -2.38. The molecule has 1 heterocycles. The zero-order valence-electron chi connectivity index (χ0n) is 10.1. The normalized spacial score (nSPS) is 13.9. The molecule has 1 aromatic heterocycles. The number of likely N-dealkylation sites (N-methyl/N-ethyl adjacent to an activating group) is 1. The maximum absolute atomic E-state index is 11.8. The lowest BCUT2D eigenvalue weighted by molar-refractivity contribution is 0.314. The Hall–Kier alpha value is -1.25. The molecule has 3 N–H and O–H groups in total.